The first-order valence-electron chi connectivity index (χ1n) is 12.5. The van der Waals surface area contributed by atoms with Gasteiger partial charge >= 0.3 is 11.8 Å². The van der Waals surface area contributed by atoms with E-state index in [1.165, 1.54) is 45.6 Å². The van der Waals surface area contributed by atoms with Crippen LogP contribution in [-0.4, -0.2) is 78.0 Å². The molecule has 2 aliphatic rings. The van der Waals surface area contributed by atoms with Crippen LogP contribution in [0, 0.1) is 0 Å². The molecule has 1 aliphatic heterocycles. The maximum Gasteiger partial charge on any atom is 0.313 e. The van der Waals surface area contributed by atoms with Gasteiger partial charge in [-0.2, -0.15) is 0 Å². The van der Waals surface area contributed by atoms with Crippen molar-refractivity contribution < 1.29 is 18.7 Å². The van der Waals surface area contributed by atoms with Gasteiger partial charge in [-0.1, -0.05) is 19.3 Å². The zero-order chi connectivity index (χ0) is 24.8. The van der Waals surface area contributed by atoms with Crippen molar-refractivity contribution in [3.8, 4) is 17.1 Å². The molecule has 1 aliphatic carbocycles. The predicted octanol–water partition coefficient (Wildman–Crippen LogP) is 3.13. The van der Waals surface area contributed by atoms with Crippen LogP contribution >= 0.6 is 0 Å². The molecule has 190 valence electrons. The number of hydrogen-bond acceptors (Lipinski definition) is 7. The number of benzene rings is 1. The number of carbonyl (C=O) groups is 2. The van der Waals surface area contributed by atoms with E-state index in [-0.39, 0.29) is 0 Å². The summed E-state index contributed by atoms with van der Waals surface area (Å²) in [5.41, 5.74) is 0.633. The summed E-state index contributed by atoms with van der Waals surface area (Å²) >= 11 is 0. The van der Waals surface area contributed by atoms with Gasteiger partial charge in [0.15, 0.2) is 12.2 Å². The molecular weight excluding hydrogens is 446 g/mol. The molecule has 1 saturated carbocycles. The number of nitrogens with zero attached hydrogens (tertiary/aromatic N) is 3. The third-order valence-electron chi connectivity index (χ3n) is 6.93. The first kappa shape index (κ1) is 25.2. The predicted molar refractivity (Wildman–Crippen MR) is 134 cm³/mol. The minimum absolute atomic E-state index is 0.460. The van der Waals surface area contributed by atoms with Gasteiger partial charge in [0.25, 0.3) is 0 Å². The number of rotatable bonds is 7. The molecule has 1 aromatic heterocycles. The van der Waals surface area contributed by atoms with Crippen molar-refractivity contribution in [3.05, 3.63) is 30.8 Å². The molecule has 1 aromatic carbocycles. The van der Waals surface area contributed by atoms with Crippen LogP contribution < -0.4 is 15.4 Å². The van der Waals surface area contributed by atoms with Crippen LogP contribution in [0.4, 0.5) is 5.69 Å². The molecule has 0 unspecified atom stereocenters. The smallest absolute Gasteiger partial charge is 0.313 e. The third-order valence-corrected chi connectivity index (χ3v) is 6.93. The van der Waals surface area contributed by atoms with Crippen molar-refractivity contribution in [1.29, 1.82) is 0 Å². The number of oxazole rings is 1. The Balaban J connectivity index is 1.27. The molecule has 2 fully saturated rings. The van der Waals surface area contributed by atoms with Crippen LogP contribution in [-0.2, 0) is 9.59 Å². The lowest BCUT2D eigenvalue weighted by Gasteiger charge is -2.42. The van der Waals surface area contributed by atoms with Crippen LogP contribution in [0.5, 0.6) is 5.75 Å². The summed E-state index contributed by atoms with van der Waals surface area (Å²) in [6.07, 6.45) is 9.65. The Hall–Kier alpha value is -2.91. The van der Waals surface area contributed by atoms with Gasteiger partial charge in [0.05, 0.1) is 18.9 Å². The highest BCUT2D eigenvalue weighted by Gasteiger charge is 2.30. The van der Waals surface area contributed by atoms with Crippen molar-refractivity contribution in [3.63, 3.8) is 0 Å². The van der Waals surface area contributed by atoms with Gasteiger partial charge in [-0.25, -0.2) is 4.98 Å². The minimum atomic E-state index is -0.713. The van der Waals surface area contributed by atoms with E-state index in [0.717, 1.165) is 32.2 Å². The van der Waals surface area contributed by atoms with E-state index in [0.29, 0.717) is 29.3 Å². The normalized spacial score (nSPS) is 18.3. The fourth-order valence-corrected chi connectivity index (χ4v) is 5.20. The zero-order valence-corrected chi connectivity index (χ0v) is 21.0. The fraction of sp³-hybridized carbons (Fsp3) is 0.577. The number of nitrogens with one attached hydrogen (secondary N) is 2. The Labute approximate surface area is 207 Å². The lowest BCUT2D eigenvalue weighted by Crippen LogP contribution is -2.58. The zero-order valence-electron chi connectivity index (χ0n) is 21.0. The summed E-state index contributed by atoms with van der Waals surface area (Å²) in [5.74, 6) is -0.310. The SMILES string of the molecule is COc1cc(NC(=O)C(=O)NC(C)(C)CN2CCN(C3CCCCC3)CC2)ccc1-c1cnco1. The van der Waals surface area contributed by atoms with Crippen LogP contribution in [0.25, 0.3) is 11.3 Å². The number of carbonyl (C=O) groups excluding carboxylic acids is 2. The minimum Gasteiger partial charge on any atom is -0.496 e. The third kappa shape index (κ3) is 6.61. The number of anilines is 1. The maximum atomic E-state index is 12.7. The van der Waals surface area contributed by atoms with Crippen molar-refractivity contribution >= 4 is 17.5 Å². The van der Waals surface area contributed by atoms with Gasteiger partial charge in [0, 0.05) is 56.1 Å². The van der Waals surface area contributed by atoms with E-state index in [1.807, 2.05) is 13.8 Å². The van der Waals surface area contributed by atoms with Gasteiger partial charge in [0.2, 0.25) is 0 Å². The van der Waals surface area contributed by atoms with E-state index < -0.39 is 17.4 Å². The lowest BCUT2D eigenvalue weighted by molar-refractivity contribution is -0.137. The topological polar surface area (TPSA) is 99.9 Å². The first-order chi connectivity index (χ1) is 16.8. The first-order valence-corrected chi connectivity index (χ1v) is 12.5. The molecule has 9 nitrogen and oxygen atoms in total. The average Bonchev–Trinajstić information content (AvgIpc) is 3.39. The van der Waals surface area contributed by atoms with Crippen LogP contribution in [0.2, 0.25) is 0 Å². The second kappa shape index (κ2) is 11.2. The van der Waals surface area contributed by atoms with Crippen LogP contribution in [0.1, 0.15) is 46.0 Å². The molecule has 0 bridgehead atoms. The van der Waals surface area contributed by atoms with Crippen LogP contribution in [0.15, 0.2) is 35.2 Å². The Bertz CT molecular complexity index is 993. The summed E-state index contributed by atoms with van der Waals surface area (Å²) in [6.45, 7) is 8.73. The quantitative estimate of drug-likeness (QED) is 0.584. The van der Waals surface area contributed by atoms with Crippen molar-refractivity contribution in [2.45, 2.75) is 57.5 Å². The fourth-order valence-electron chi connectivity index (χ4n) is 5.20. The summed E-state index contributed by atoms with van der Waals surface area (Å²) in [7, 11) is 1.53. The monoisotopic (exact) mass is 483 g/mol. The molecule has 9 heteroatoms. The number of piperazine rings is 1. The van der Waals surface area contributed by atoms with E-state index >= 15 is 0 Å². The van der Waals surface area contributed by atoms with E-state index in [9.17, 15) is 9.59 Å². The Morgan fingerprint density at radius 2 is 1.86 bits per heavy atom. The summed E-state index contributed by atoms with van der Waals surface area (Å²) < 4.78 is 10.7. The maximum absolute atomic E-state index is 12.7. The van der Waals surface area contributed by atoms with Gasteiger partial charge in [0.1, 0.15) is 5.75 Å². The standard InChI is InChI=1S/C26H37N5O4/c1-26(2,17-30-11-13-31(14-12-30)20-7-5-4-6-8-20)29-25(33)24(32)28-19-9-10-21(22(15-19)34-3)23-16-27-18-35-23/h9-10,15-16,18,20H,4-8,11-14,17H2,1-3H3,(H,28,32)(H,29,33). The summed E-state index contributed by atoms with van der Waals surface area (Å²) in [5, 5.41) is 5.56. The number of amides is 2. The van der Waals surface area contributed by atoms with Crippen LogP contribution in [0.3, 0.4) is 0 Å². The van der Waals surface area contributed by atoms with Gasteiger partial charge in [-0.15, -0.1) is 0 Å². The van der Waals surface area contributed by atoms with E-state index in [1.54, 1.807) is 24.4 Å². The highest BCUT2D eigenvalue weighted by Crippen LogP contribution is 2.32. The van der Waals surface area contributed by atoms with Crippen molar-refractivity contribution in [2.24, 2.45) is 0 Å². The molecule has 0 radical (unpaired) electrons. The molecule has 2 amide bonds. The molecular formula is C26H37N5O4. The Morgan fingerprint density at radius 3 is 2.51 bits per heavy atom. The van der Waals surface area contributed by atoms with E-state index in [2.05, 4.69) is 25.4 Å². The number of ether oxygens (including phenoxy) is 1. The molecule has 35 heavy (non-hydrogen) atoms. The van der Waals surface area contributed by atoms with Gasteiger partial charge < -0.3 is 19.8 Å². The highest BCUT2D eigenvalue weighted by molar-refractivity contribution is 6.39. The van der Waals surface area contributed by atoms with Gasteiger partial charge in [-0.3, -0.25) is 19.4 Å². The average molecular weight is 484 g/mol. The Kier molecular flexibility index (Phi) is 8.07. The molecule has 4 rings (SSSR count). The highest BCUT2D eigenvalue weighted by atomic mass is 16.5. The van der Waals surface area contributed by atoms with Crippen molar-refractivity contribution in [1.82, 2.24) is 20.1 Å². The molecule has 2 heterocycles. The lowest BCUT2D eigenvalue weighted by atomic mass is 9.93. The summed E-state index contributed by atoms with van der Waals surface area (Å²) in [4.78, 5) is 34.2. The molecule has 0 spiro atoms. The molecule has 2 N–H and O–H groups in total. The number of aromatic nitrogens is 1. The second-order valence-electron chi connectivity index (χ2n) is 10.2. The number of hydrogen-bond donors (Lipinski definition) is 2. The largest absolute Gasteiger partial charge is 0.496 e. The van der Waals surface area contributed by atoms with Crippen molar-refractivity contribution in [2.75, 3.05) is 45.2 Å². The summed E-state index contributed by atoms with van der Waals surface area (Å²) in [6, 6.07) is 5.84. The second-order valence-corrected chi connectivity index (χ2v) is 10.2. The molecule has 1 saturated heterocycles. The Morgan fingerprint density at radius 1 is 1.11 bits per heavy atom. The molecule has 2 aromatic rings. The van der Waals surface area contributed by atoms with E-state index in [4.69, 9.17) is 9.15 Å². The molecule has 0 atom stereocenters. The van der Waals surface area contributed by atoms with Gasteiger partial charge in [-0.05, 0) is 38.8 Å². The number of methoxy groups -OCH3 is 1.